The second-order valence-corrected chi connectivity index (χ2v) is 3.65. The van der Waals surface area contributed by atoms with Crippen molar-refractivity contribution in [2.75, 3.05) is 26.3 Å². The molecule has 2 nitrogen and oxygen atoms in total. The quantitative estimate of drug-likeness (QED) is 0.439. The molecular formula is C11H23NO. The second kappa shape index (κ2) is 9.75. The Bertz CT molecular complexity index is 113. The number of allylic oxidation sites excluding steroid dienone is 1. The lowest BCUT2D eigenvalue weighted by Gasteiger charge is -2.07. The molecule has 0 unspecified atom stereocenters. The van der Waals surface area contributed by atoms with Crippen LogP contribution in [-0.4, -0.2) is 26.3 Å². The molecule has 78 valence electrons. The number of rotatable bonds is 9. The Morgan fingerprint density at radius 3 is 2.77 bits per heavy atom. The van der Waals surface area contributed by atoms with E-state index in [1.807, 2.05) is 6.08 Å². The van der Waals surface area contributed by atoms with E-state index in [9.17, 15) is 0 Å². The molecule has 13 heavy (non-hydrogen) atoms. The summed E-state index contributed by atoms with van der Waals surface area (Å²) in [5.74, 6) is 0.640. The topological polar surface area (TPSA) is 21.3 Å². The van der Waals surface area contributed by atoms with E-state index in [0.717, 1.165) is 32.7 Å². The van der Waals surface area contributed by atoms with Crippen molar-refractivity contribution in [3.05, 3.63) is 12.7 Å². The Labute approximate surface area is 82.4 Å². The maximum atomic E-state index is 5.42. The summed E-state index contributed by atoms with van der Waals surface area (Å²) in [6.45, 7) is 11.7. The molecule has 0 heterocycles. The van der Waals surface area contributed by atoms with Crippen LogP contribution in [-0.2, 0) is 4.74 Å². The highest BCUT2D eigenvalue weighted by atomic mass is 16.5. The molecule has 0 atom stereocenters. The zero-order valence-electron chi connectivity index (χ0n) is 9.01. The van der Waals surface area contributed by atoms with Crippen molar-refractivity contribution >= 4 is 0 Å². The number of hydrogen-bond donors (Lipinski definition) is 1. The number of unbranched alkanes of at least 4 members (excludes halogenated alkanes) is 1. The largest absolute Gasteiger partial charge is 0.380 e. The Kier molecular flexibility index (Phi) is 9.49. The minimum atomic E-state index is 0.640. The molecule has 2 heteroatoms. The van der Waals surface area contributed by atoms with E-state index in [1.165, 1.54) is 6.42 Å². The first kappa shape index (κ1) is 12.7. The predicted octanol–water partition coefficient (Wildman–Crippen LogP) is 2.21. The van der Waals surface area contributed by atoms with Crippen molar-refractivity contribution < 1.29 is 4.74 Å². The molecule has 0 saturated carbocycles. The van der Waals surface area contributed by atoms with Gasteiger partial charge in [0.2, 0.25) is 0 Å². The monoisotopic (exact) mass is 185 g/mol. The van der Waals surface area contributed by atoms with Crippen LogP contribution in [0.2, 0.25) is 0 Å². The van der Waals surface area contributed by atoms with Crippen molar-refractivity contribution in [3.63, 3.8) is 0 Å². The van der Waals surface area contributed by atoms with Crippen LogP contribution in [0.1, 0.15) is 26.7 Å². The molecular weight excluding hydrogens is 162 g/mol. The van der Waals surface area contributed by atoms with E-state index in [2.05, 4.69) is 25.7 Å². The molecule has 1 N–H and O–H groups in total. The van der Waals surface area contributed by atoms with Crippen LogP contribution in [0.5, 0.6) is 0 Å². The van der Waals surface area contributed by atoms with Gasteiger partial charge in [-0.3, -0.25) is 0 Å². The average Bonchev–Trinajstić information content (AvgIpc) is 2.09. The van der Waals surface area contributed by atoms with Crippen LogP contribution >= 0.6 is 0 Å². The molecule has 0 fully saturated rings. The molecule has 0 aromatic carbocycles. The molecule has 0 amide bonds. The highest BCUT2D eigenvalue weighted by Crippen LogP contribution is 1.91. The molecule has 0 saturated heterocycles. The third kappa shape index (κ3) is 11.7. The highest BCUT2D eigenvalue weighted by Gasteiger charge is 1.92. The van der Waals surface area contributed by atoms with Crippen molar-refractivity contribution in [1.82, 2.24) is 5.32 Å². The minimum absolute atomic E-state index is 0.640. The highest BCUT2D eigenvalue weighted by molar-refractivity contribution is 4.66. The first-order chi connectivity index (χ1) is 6.27. The van der Waals surface area contributed by atoms with Crippen molar-refractivity contribution in [3.8, 4) is 0 Å². The Morgan fingerprint density at radius 2 is 2.15 bits per heavy atom. The van der Waals surface area contributed by atoms with Gasteiger partial charge in [-0.05, 0) is 25.3 Å². The summed E-state index contributed by atoms with van der Waals surface area (Å²) in [6.07, 6.45) is 4.23. The van der Waals surface area contributed by atoms with E-state index in [0.29, 0.717) is 5.92 Å². The molecule has 0 aromatic rings. The van der Waals surface area contributed by atoms with Crippen LogP contribution in [0.25, 0.3) is 0 Å². The van der Waals surface area contributed by atoms with Crippen molar-refractivity contribution in [2.24, 2.45) is 5.92 Å². The first-order valence-corrected chi connectivity index (χ1v) is 5.16. The van der Waals surface area contributed by atoms with Crippen LogP contribution in [0.4, 0.5) is 0 Å². The molecule has 0 bridgehead atoms. The maximum absolute atomic E-state index is 5.42. The summed E-state index contributed by atoms with van der Waals surface area (Å²) >= 11 is 0. The zero-order valence-corrected chi connectivity index (χ0v) is 9.01. The van der Waals surface area contributed by atoms with Crippen LogP contribution < -0.4 is 5.32 Å². The van der Waals surface area contributed by atoms with E-state index in [4.69, 9.17) is 4.74 Å². The second-order valence-electron chi connectivity index (χ2n) is 3.65. The molecule has 0 aliphatic rings. The lowest BCUT2D eigenvalue weighted by molar-refractivity contribution is 0.112. The van der Waals surface area contributed by atoms with Crippen molar-refractivity contribution in [1.29, 1.82) is 0 Å². The summed E-state index contributed by atoms with van der Waals surface area (Å²) in [6, 6.07) is 0. The summed E-state index contributed by atoms with van der Waals surface area (Å²) in [7, 11) is 0. The third-order valence-electron chi connectivity index (χ3n) is 1.64. The summed E-state index contributed by atoms with van der Waals surface area (Å²) in [4.78, 5) is 0. The minimum Gasteiger partial charge on any atom is -0.380 e. The first-order valence-electron chi connectivity index (χ1n) is 5.16. The fourth-order valence-corrected chi connectivity index (χ4v) is 0.960. The summed E-state index contributed by atoms with van der Waals surface area (Å²) in [5.41, 5.74) is 0. The van der Waals surface area contributed by atoms with E-state index < -0.39 is 0 Å². The molecule has 0 rings (SSSR count). The van der Waals surface area contributed by atoms with Gasteiger partial charge in [-0.1, -0.05) is 19.9 Å². The number of nitrogens with one attached hydrogen (secondary N) is 1. The summed E-state index contributed by atoms with van der Waals surface area (Å²) < 4.78 is 5.42. The zero-order chi connectivity index (χ0) is 9.94. The van der Waals surface area contributed by atoms with Gasteiger partial charge in [-0.25, -0.2) is 0 Å². The Hall–Kier alpha value is -0.340. The van der Waals surface area contributed by atoms with Gasteiger partial charge < -0.3 is 10.1 Å². The van der Waals surface area contributed by atoms with Gasteiger partial charge >= 0.3 is 0 Å². The lowest BCUT2D eigenvalue weighted by Crippen LogP contribution is -2.21. The average molecular weight is 185 g/mol. The predicted molar refractivity (Wildman–Crippen MR) is 58.0 cm³/mol. The fourth-order valence-electron chi connectivity index (χ4n) is 0.960. The molecule has 0 aliphatic heterocycles. The van der Waals surface area contributed by atoms with Gasteiger partial charge in [0.15, 0.2) is 0 Å². The van der Waals surface area contributed by atoms with Gasteiger partial charge in [0.1, 0.15) is 0 Å². The Morgan fingerprint density at radius 1 is 1.38 bits per heavy atom. The standard InChI is InChI=1S/C11H23NO/c1-4-5-6-7-12-8-9-13-10-11(2)3/h4,11-12H,1,5-10H2,2-3H3. The van der Waals surface area contributed by atoms with Crippen LogP contribution in [0.3, 0.4) is 0 Å². The summed E-state index contributed by atoms with van der Waals surface area (Å²) in [5, 5.41) is 3.32. The van der Waals surface area contributed by atoms with Gasteiger partial charge in [0.05, 0.1) is 6.61 Å². The maximum Gasteiger partial charge on any atom is 0.0591 e. The normalized spacial score (nSPS) is 10.7. The van der Waals surface area contributed by atoms with Gasteiger partial charge in [0, 0.05) is 13.2 Å². The fraction of sp³-hybridized carbons (Fsp3) is 0.818. The third-order valence-corrected chi connectivity index (χ3v) is 1.64. The van der Waals surface area contributed by atoms with Crippen LogP contribution in [0.15, 0.2) is 12.7 Å². The Balaban J connectivity index is 2.87. The van der Waals surface area contributed by atoms with Gasteiger partial charge in [0.25, 0.3) is 0 Å². The number of hydrogen-bond acceptors (Lipinski definition) is 2. The molecule has 0 aromatic heterocycles. The van der Waals surface area contributed by atoms with Gasteiger partial charge in [-0.15, -0.1) is 6.58 Å². The van der Waals surface area contributed by atoms with E-state index >= 15 is 0 Å². The molecule has 0 spiro atoms. The van der Waals surface area contributed by atoms with Crippen LogP contribution in [0, 0.1) is 5.92 Å². The van der Waals surface area contributed by atoms with E-state index in [-0.39, 0.29) is 0 Å². The van der Waals surface area contributed by atoms with Crippen molar-refractivity contribution in [2.45, 2.75) is 26.7 Å². The lowest BCUT2D eigenvalue weighted by atomic mass is 10.2. The number of ether oxygens (including phenoxy) is 1. The smallest absolute Gasteiger partial charge is 0.0591 e. The molecule has 0 aliphatic carbocycles. The SMILES string of the molecule is C=CCCCNCCOCC(C)C. The molecule has 0 radical (unpaired) electrons. The van der Waals surface area contributed by atoms with E-state index in [1.54, 1.807) is 0 Å². The van der Waals surface area contributed by atoms with Gasteiger partial charge in [-0.2, -0.15) is 0 Å².